The lowest BCUT2D eigenvalue weighted by atomic mass is 9.59. The molecule has 3 heteroatoms. The summed E-state index contributed by atoms with van der Waals surface area (Å²) in [4.78, 5) is 13.5. The average Bonchev–Trinajstić information content (AvgIpc) is 2.72. The van der Waals surface area contributed by atoms with Crippen molar-refractivity contribution in [3.05, 3.63) is 34.3 Å². The van der Waals surface area contributed by atoms with Crippen LogP contribution in [0.4, 0.5) is 0 Å². The molecule has 5 atom stereocenters. The van der Waals surface area contributed by atoms with E-state index < -0.39 is 5.41 Å². The van der Waals surface area contributed by atoms with E-state index >= 15 is 0 Å². The molecule has 0 radical (unpaired) electrons. The Hall–Kier alpha value is -1.51. The van der Waals surface area contributed by atoms with Gasteiger partial charge in [-0.15, -0.1) is 0 Å². The molecule has 0 aromatic heterocycles. The van der Waals surface area contributed by atoms with Crippen LogP contribution >= 0.6 is 0 Å². The molecule has 0 N–H and O–H groups in total. The minimum atomic E-state index is -0.435. The summed E-state index contributed by atoms with van der Waals surface area (Å²) in [7, 11) is 1.68. The molecule has 4 rings (SSSR count). The molecule has 0 bridgehead atoms. The lowest BCUT2D eigenvalue weighted by molar-refractivity contribution is -0.117. The molecule has 32 heavy (non-hydrogen) atoms. The Morgan fingerprint density at radius 1 is 1.06 bits per heavy atom. The van der Waals surface area contributed by atoms with Crippen molar-refractivity contribution >= 4 is 5.78 Å². The minimum Gasteiger partial charge on any atom is -0.500 e. The number of fused-ring (bicyclic) bond motifs is 1. The van der Waals surface area contributed by atoms with Crippen molar-refractivity contribution in [3.8, 4) is 0 Å². The largest absolute Gasteiger partial charge is 0.500 e. The van der Waals surface area contributed by atoms with E-state index in [1.54, 1.807) is 12.7 Å². The molecular formula is C29H44O3. The van der Waals surface area contributed by atoms with Crippen LogP contribution in [0.1, 0.15) is 87.5 Å². The van der Waals surface area contributed by atoms with Gasteiger partial charge in [0.05, 0.1) is 12.5 Å². The van der Waals surface area contributed by atoms with Crippen molar-refractivity contribution in [2.45, 2.75) is 93.1 Å². The quantitative estimate of drug-likeness (QED) is 0.434. The van der Waals surface area contributed by atoms with Gasteiger partial charge in [0.1, 0.15) is 17.1 Å². The normalized spacial score (nSPS) is 36.8. The van der Waals surface area contributed by atoms with Gasteiger partial charge < -0.3 is 9.47 Å². The Morgan fingerprint density at radius 3 is 2.31 bits per heavy atom. The van der Waals surface area contributed by atoms with Gasteiger partial charge in [0.2, 0.25) is 0 Å². The van der Waals surface area contributed by atoms with Crippen LogP contribution in [0.25, 0.3) is 0 Å². The van der Waals surface area contributed by atoms with Gasteiger partial charge in [0.15, 0.2) is 5.78 Å². The van der Waals surface area contributed by atoms with Crippen LogP contribution in [-0.4, -0.2) is 18.5 Å². The molecule has 0 amide bonds. The van der Waals surface area contributed by atoms with Crippen molar-refractivity contribution in [1.29, 1.82) is 0 Å². The smallest absolute Gasteiger partial charge is 0.191 e. The summed E-state index contributed by atoms with van der Waals surface area (Å²) in [5.74, 6) is 5.11. The highest BCUT2D eigenvalue weighted by molar-refractivity contribution is 6.10. The second-order valence-corrected chi connectivity index (χ2v) is 12.3. The Morgan fingerprint density at radius 2 is 1.72 bits per heavy atom. The number of carbonyl (C=O) groups excluding carboxylic acids is 1. The fraction of sp³-hybridized carbons (Fsp3) is 0.759. The molecule has 4 aliphatic rings. The van der Waals surface area contributed by atoms with E-state index in [-0.39, 0.29) is 17.3 Å². The van der Waals surface area contributed by atoms with Crippen molar-refractivity contribution in [2.24, 2.45) is 40.9 Å². The van der Waals surface area contributed by atoms with E-state index in [0.717, 1.165) is 41.4 Å². The van der Waals surface area contributed by atoms with Crippen molar-refractivity contribution in [2.75, 3.05) is 7.11 Å². The molecule has 0 aromatic rings. The molecule has 1 heterocycles. The van der Waals surface area contributed by atoms with Crippen LogP contribution in [0.15, 0.2) is 34.3 Å². The number of ether oxygens (including phenoxy) is 2. The number of Topliss-reactive ketones (excluding diaryl/α,β-unsaturated/α-hetero) is 1. The Bertz CT molecular complexity index is 884. The van der Waals surface area contributed by atoms with Crippen molar-refractivity contribution in [1.82, 2.24) is 0 Å². The number of rotatable bonds is 3. The van der Waals surface area contributed by atoms with E-state index in [9.17, 15) is 4.79 Å². The molecule has 1 aliphatic heterocycles. The summed E-state index contributed by atoms with van der Waals surface area (Å²) in [6.07, 6.45) is 8.34. The molecular weight excluding hydrogens is 396 g/mol. The van der Waals surface area contributed by atoms with E-state index in [0.29, 0.717) is 23.7 Å². The third kappa shape index (κ3) is 3.49. The summed E-state index contributed by atoms with van der Waals surface area (Å²) in [5.41, 5.74) is 2.56. The molecule has 3 nitrogen and oxygen atoms in total. The molecule has 1 fully saturated rings. The zero-order valence-electron chi connectivity index (χ0n) is 21.8. The summed E-state index contributed by atoms with van der Waals surface area (Å²) >= 11 is 0. The van der Waals surface area contributed by atoms with Crippen LogP contribution in [0.5, 0.6) is 0 Å². The summed E-state index contributed by atoms with van der Waals surface area (Å²) in [5, 5.41) is 0. The lowest BCUT2D eigenvalue weighted by Gasteiger charge is -2.52. The minimum absolute atomic E-state index is 0.123. The van der Waals surface area contributed by atoms with Crippen molar-refractivity contribution < 1.29 is 14.3 Å². The van der Waals surface area contributed by atoms with Gasteiger partial charge in [-0.05, 0) is 94.5 Å². The first-order chi connectivity index (χ1) is 14.9. The summed E-state index contributed by atoms with van der Waals surface area (Å²) in [6, 6.07) is 0. The predicted octanol–water partition coefficient (Wildman–Crippen LogP) is 7.24. The Labute approximate surface area is 195 Å². The molecule has 1 spiro atoms. The second-order valence-electron chi connectivity index (χ2n) is 12.3. The van der Waals surface area contributed by atoms with Gasteiger partial charge in [-0.25, -0.2) is 0 Å². The summed E-state index contributed by atoms with van der Waals surface area (Å²) in [6.45, 7) is 17.9. The van der Waals surface area contributed by atoms with E-state index in [2.05, 4.69) is 54.5 Å². The Balaban J connectivity index is 1.84. The molecule has 1 saturated carbocycles. The van der Waals surface area contributed by atoms with Gasteiger partial charge in [-0.2, -0.15) is 0 Å². The zero-order valence-corrected chi connectivity index (χ0v) is 21.8. The highest BCUT2D eigenvalue weighted by atomic mass is 16.5. The molecule has 3 aliphatic carbocycles. The molecule has 178 valence electrons. The van der Waals surface area contributed by atoms with Crippen LogP contribution in [0.3, 0.4) is 0 Å². The number of hydrogen-bond acceptors (Lipinski definition) is 3. The van der Waals surface area contributed by atoms with Gasteiger partial charge in [-0.1, -0.05) is 40.2 Å². The molecule has 0 unspecified atom stereocenters. The number of hydrogen-bond donors (Lipinski definition) is 0. The SMILES string of the molecule is COC1=C(C)C(=O)C2=C(O[C@]3(C=C4[C@H](C(C)C)CC[C@@H](C)[C@H]4CC3)C[C@@H]2C(C)C)C1(C)C. The maximum atomic E-state index is 13.5. The number of carbonyl (C=O) groups is 1. The maximum Gasteiger partial charge on any atom is 0.191 e. The number of methoxy groups -OCH3 is 1. The molecule has 0 saturated heterocycles. The fourth-order valence-electron chi connectivity index (χ4n) is 7.35. The fourth-order valence-corrected chi connectivity index (χ4v) is 7.35. The maximum absolute atomic E-state index is 13.5. The first-order valence-electron chi connectivity index (χ1n) is 12.9. The van der Waals surface area contributed by atoms with Crippen LogP contribution in [0, 0.1) is 40.9 Å². The first-order valence-corrected chi connectivity index (χ1v) is 12.9. The van der Waals surface area contributed by atoms with Crippen LogP contribution in [-0.2, 0) is 14.3 Å². The van der Waals surface area contributed by atoms with Gasteiger partial charge in [-0.3, -0.25) is 4.79 Å². The van der Waals surface area contributed by atoms with Gasteiger partial charge in [0, 0.05) is 11.1 Å². The van der Waals surface area contributed by atoms with E-state index in [1.807, 2.05) is 6.92 Å². The monoisotopic (exact) mass is 440 g/mol. The average molecular weight is 441 g/mol. The second kappa shape index (κ2) is 8.06. The number of allylic oxidation sites excluding steroid dienone is 3. The topological polar surface area (TPSA) is 35.5 Å². The first kappa shape index (κ1) is 23.6. The third-order valence-electron chi connectivity index (χ3n) is 9.15. The van der Waals surface area contributed by atoms with Crippen LogP contribution in [0.2, 0.25) is 0 Å². The lowest BCUT2D eigenvalue weighted by Crippen LogP contribution is -2.49. The predicted molar refractivity (Wildman–Crippen MR) is 130 cm³/mol. The number of ketones is 1. The zero-order chi connectivity index (χ0) is 23.6. The third-order valence-corrected chi connectivity index (χ3v) is 9.15. The standard InChI is InChI=1S/C29H44O3/c1-16(2)20-11-10-18(5)21-12-13-29(15-23(20)21)14-22(17(3)4)24-25(30)19(6)26(31-9)28(7,8)27(24)32-29/h15-18,20-22H,10-14H2,1-9H3/t18-,20+,21-,22-,29+/m1/s1. The highest BCUT2D eigenvalue weighted by Crippen LogP contribution is 2.57. The highest BCUT2D eigenvalue weighted by Gasteiger charge is 2.54. The van der Waals surface area contributed by atoms with Crippen molar-refractivity contribution in [3.63, 3.8) is 0 Å². The van der Waals surface area contributed by atoms with Gasteiger partial charge in [0.25, 0.3) is 0 Å². The van der Waals surface area contributed by atoms with E-state index in [4.69, 9.17) is 9.47 Å². The van der Waals surface area contributed by atoms with E-state index in [1.165, 1.54) is 19.3 Å². The van der Waals surface area contributed by atoms with Crippen LogP contribution < -0.4 is 0 Å². The molecule has 0 aromatic carbocycles. The summed E-state index contributed by atoms with van der Waals surface area (Å²) < 4.78 is 12.8. The van der Waals surface area contributed by atoms with Gasteiger partial charge >= 0.3 is 0 Å². The Kier molecular flexibility index (Phi) is 5.96.